The van der Waals surface area contributed by atoms with E-state index in [0.717, 1.165) is 122 Å². The maximum Gasteiger partial charge on any atom is 0.306 e. The van der Waals surface area contributed by atoms with Crippen molar-refractivity contribution in [2.75, 3.05) is 13.2 Å². The highest BCUT2D eigenvalue weighted by Crippen LogP contribution is 2.17. The second kappa shape index (κ2) is 69.6. The number of ether oxygens (including phenoxy) is 3. The third-order valence-electron chi connectivity index (χ3n) is 15.0. The van der Waals surface area contributed by atoms with E-state index in [0.29, 0.717) is 19.3 Å². The van der Waals surface area contributed by atoms with Crippen LogP contribution in [0, 0.1) is 0 Å². The van der Waals surface area contributed by atoms with Crippen LogP contribution >= 0.6 is 0 Å². The van der Waals surface area contributed by atoms with E-state index < -0.39 is 6.10 Å². The quantitative estimate of drug-likeness (QED) is 0.0261. The smallest absolute Gasteiger partial charge is 0.306 e. The SMILES string of the molecule is CC/C=C\C/C=C\C/C=C\C/C=C\C/C=C\C/C=C\C/C=C\CCCCCCCCCCCCCC(=O)OCC(COC(=O)CCCCCCC/C=C\C/C=C\CCCCC)OC(=O)CCCCCCCCCCCCCCCCCC. The molecule has 0 bridgehead atoms. The molecule has 0 spiro atoms. The van der Waals surface area contributed by atoms with Crippen LogP contribution < -0.4 is 0 Å². The first kappa shape index (κ1) is 78.1. The van der Waals surface area contributed by atoms with Crippen LogP contribution in [-0.4, -0.2) is 37.2 Å². The van der Waals surface area contributed by atoms with Crippen molar-refractivity contribution >= 4 is 17.9 Å². The second-order valence-electron chi connectivity index (χ2n) is 23.1. The van der Waals surface area contributed by atoms with Crippen LogP contribution in [-0.2, 0) is 28.6 Å². The van der Waals surface area contributed by atoms with E-state index in [-0.39, 0.29) is 31.1 Å². The van der Waals surface area contributed by atoms with Gasteiger partial charge in [-0.15, -0.1) is 0 Å². The third kappa shape index (κ3) is 66.9. The Morgan fingerprint density at radius 1 is 0.256 bits per heavy atom. The van der Waals surface area contributed by atoms with Crippen LogP contribution in [0.3, 0.4) is 0 Å². The van der Waals surface area contributed by atoms with Gasteiger partial charge in [-0.05, 0) is 109 Å². The molecule has 0 amide bonds. The molecule has 0 aliphatic rings. The second-order valence-corrected chi connectivity index (χ2v) is 23.1. The largest absolute Gasteiger partial charge is 0.462 e. The summed E-state index contributed by atoms with van der Waals surface area (Å²) < 4.78 is 17.0. The maximum absolute atomic E-state index is 12.9. The van der Waals surface area contributed by atoms with Crippen LogP contribution in [0.25, 0.3) is 0 Å². The lowest BCUT2D eigenvalue weighted by molar-refractivity contribution is -0.167. The molecule has 0 saturated heterocycles. The minimum absolute atomic E-state index is 0.0811. The summed E-state index contributed by atoms with van der Waals surface area (Å²) in [5, 5.41) is 0. The van der Waals surface area contributed by atoms with Crippen molar-refractivity contribution in [3.63, 3.8) is 0 Å². The third-order valence-corrected chi connectivity index (χ3v) is 15.0. The standard InChI is InChI=1S/C76H130O6/c1-4-7-10-13-16-19-22-25-28-30-31-32-33-34-35-36-37-38-39-40-41-42-43-44-45-46-49-51-54-57-60-63-66-69-75(78)81-72-73(71-80-74(77)68-65-62-59-56-53-50-47-27-24-21-18-15-12-9-6-3)82-76(79)70-67-64-61-58-55-52-48-29-26-23-20-17-14-11-8-5-2/h7,10,16,18-19,21,25,27-28,31-32,34-35,37-38,40-41,47,73H,4-6,8-9,11-15,17,20,22-24,26,29-30,33,36,39,42-46,48-72H2,1-3H3/b10-7-,19-16-,21-18-,28-25-,32-31-,35-34-,38-37-,41-40-,47-27-. The fraction of sp³-hybridized carbons (Fsp3) is 0.724. The van der Waals surface area contributed by atoms with Gasteiger partial charge >= 0.3 is 17.9 Å². The topological polar surface area (TPSA) is 78.9 Å². The molecule has 82 heavy (non-hydrogen) atoms. The minimum atomic E-state index is -0.785. The van der Waals surface area contributed by atoms with E-state index in [1.54, 1.807) is 0 Å². The first-order chi connectivity index (χ1) is 40.5. The zero-order valence-electron chi connectivity index (χ0n) is 54.0. The molecule has 0 fully saturated rings. The number of allylic oxidation sites excluding steroid dienone is 18. The molecule has 0 aromatic rings. The summed E-state index contributed by atoms with van der Waals surface area (Å²) in [5.41, 5.74) is 0. The highest BCUT2D eigenvalue weighted by Gasteiger charge is 2.19. The van der Waals surface area contributed by atoms with Gasteiger partial charge in [0.25, 0.3) is 0 Å². The fourth-order valence-corrected chi connectivity index (χ4v) is 9.81. The molecule has 0 radical (unpaired) electrons. The van der Waals surface area contributed by atoms with Crippen molar-refractivity contribution in [2.24, 2.45) is 0 Å². The molecule has 1 atom stereocenters. The molecule has 0 N–H and O–H groups in total. The van der Waals surface area contributed by atoms with Gasteiger partial charge in [-0.3, -0.25) is 14.4 Å². The van der Waals surface area contributed by atoms with Crippen molar-refractivity contribution in [1.29, 1.82) is 0 Å². The van der Waals surface area contributed by atoms with Gasteiger partial charge in [0.15, 0.2) is 6.10 Å². The van der Waals surface area contributed by atoms with Crippen LogP contribution in [0.5, 0.6) is 0 Å². The van der Waals surface area contributed by atoms with Gasteiger partial charge in [-0.2, -0.15) is 0 Å². The van der Waals surface area contributed by atoms with Crippen molar-refractivity contribution < 1.29 is 28.6 Å². The summed E-state index contributed by atoms with van der Waals surface area (Å²) in [6.07, 6.45) is 95.3. The molecule has 6 heteroatoms. The fourth-order valence-electron chi connectivity index (χ4n) is 9.81. The molecule has 1 unspecified atom stereocenters. The Morgan fingerprint density at radius 2 is 0.476 bits per heavy atom. The van der Waals surface area contributed by atoms with E-state index in [2.05, 4.69) is 130 Å². The predicted octanol–water partition coefficient (Wildman–Crippen LogP) is 24.2. The monoisotopic (exact) mass is 1140 g/mol. The summed E-state index contributed by atoms with van der Waals surface area (Å²) in [6, 6.07) is 0. The lowest BCUT2D eigenvalue weighted by Crippen LogP contribution is -2.30. The molecule has 0 saturated carbocycles. The number of carbonyl (C=O) groups excluding carboxylic acids is 3. The first-order valence-electron chi connectivity index (χ1n) is 34.9. The van der Waals surface area contributed by atoms with Gasteiger partial charge in [0.2, 0.25) is 0 Å². The number of carbonyl (C=O) groups is 3. The average molecular weight is 1140 g/mol. The normalized spacial score (nSPS) is 12.8. The molecule has 0 aliphatic carbocycles. The molecule has 470 valence electrons. The number of unbranched alkanes of at least 4 members (excludes halogenated alkanes) is 34. The Bertz CT molecular complexity index is 1640. The summed E-state index contributed by atoms with van der Waals surface area (Å²) in [5.74, 6) is -0.883. The average Bonchev–Trinajstić information content (AvgIpc) is 3.47. The van der Waals surface area contributed by atoms with E-state index in [1.165, 1.54) is 173 Å². The number of hydrogen-bond donors (Lipinski definition) is 0. The van der Waals surface area contributed by atoms with Gasteiger partial charge in [0.05, 0.1) is 0 Å². The van der Waals surface area contributed by atoms with E-state index in [4.69, 9.17) is 14.2 Å². The van der Waals surface area contributed by atoms with Crippen molar-refractivity contribution in [1.82, 2.24) is 0 Å². The number of rotatable bonds is 63. The van der Waals surface area contributed by atoms with Gasteiger partial charge in [0, 0.05) is 19.3 Å². The first-order valence-corrected chi connectivity index (χ1v) is 34.9. The van der Waals surface area contributed by atoms with Crippen LogP contribution in [0.4, 0.5) is 0 Å². The lowest BCUT2D eigenvalue weighted by Gasteiger charge is -2.18. The Kier molecular flexibility index (Phi) is 66.2. The molecule has 0 aromatic carbocycles. The van der Waals surface area contributed by atoms with Gasteiger partial charge in [0.1, 0.15) is 13.2 Å². The highest BCUT2D eigenvalue weighted by molar-refractivity contribution is 5.71. The van der Waals surface area contributed by atoms with Crippen LogP contribution in [0.2, 0.25) is 0 Å². The molecule has 0 aromatic heterocycles. The molecule has 6 nitrogen and oxygen atoms in total. The highest BCUT2D eigenvalue weighted by atomic mass is 16.6. The van der Waals surface area contributed by atoms with E-state index >= 15 is 0 Å². The van der Waals surface area contributed by atoms with Gasteiger partial charge in [-0.1, -0.05) is 316 Å². The summed E-state index contributed by atoms with van der Waals surface area (Å²) in [4.78, 5) is 38.4. The summed E-state index contributed by atoms with van der Waals surface area (Å²) in [6.45, 7) is 6.52. The van der Waals surface area contributed by atoms with Crippen molar-refractivity contribution in [3.8, 4) is 0 Å². The van der Waals surface area contributed by atoms with Crippen molar-refractivity contribution in [3.05, 3.63) is 109 Å². The number of hydrogen-bond acceptors (Lipinski definition) is 6. The van der Waals surface area contributed by atoms with Gasteiger partial charge < -0.3 is 14.2 Å². The predicted molar refractivity (Wildman–Crippen MR) is 357 cm³/mol. The minimum Gasteiger partial charge on any atom is -0.462 e. The van der Waals surface area contributed by atoms with E-state index in [9.17, 15) is 14.4 Å². The maximum atomic E-state index is 12.9. The zero-order chi connectivity index (χ0) is 59.2. The molecule has 0 aliphatic heterocycles. The summed E-state index contributed by atoms with van der Waals surface area (Å²) in [7, 11) is 0. The van der Waals surface area contributed by atoms with Crippen LogP contribution in [0.15, 0.2) is 109 Å². The molecular formula is C76H130O6. The van der Waals surface area contributed by atoms with Crippen molar-refractivity contribution in [2.45, 2.75) is 341 Å². The van der Waals surface area contributed by atoms with Crippen LogP contribution in [0.1, 0.15) is 335 Å². The zero-order valence-corrected chi connectivity index (χ0v) is 54.0. The Balaban J connectivity index is 4.25. The summed E-state index contributed by atoms with van der Waals surface area (Å²) >= 11 is 0. The van der Waals surface area contributed by atoms with E-state index in [1.807, 2.05) is 0 Å². The number of esters is 3. The Morgan fingerprint density at radius 3 is 0.768 bits per heavy atom. The molecular weight excluding hydrogens is 1010 g/mol. The molecule has 0 rings (SSSR count). The Labute approximate surface area is 508 Å². The Hall–Kier alpha value is -3.93. The van der Waals surface area contributed by atoms with Gasteiger partial charge in [-0.25, -0.2) is 0 Å². The molecule has 0 heterocycles. The lowest BCUT2D eigenvalue weighted by atomic mass is 10.0.